The molecular formula is C35H34FN11O9S. The molecule has 6 heterocycles. The Morgan fingerprint density at radius 1 is 0.789 bits per heavy atom. The number of imidazole rings is 2. The second-order valence-electron chi connectivity index (χ2n) is 13.2. The number of hydrogen-bond acceptors (Lipinski definition) is 15. The molecule has 2 aliphatic heterocycles. The molecule has 2 aliphatic rings. The van der Waals surface area contributed by atoms with Crippen molar-refractivity contribution in [1.82, 2.24) is 43.8 Å². The van der Waals surface area contributed by atoms with E-state index in [1.165, 1.54) is 28.1 Å². The summed E-state index contributed by atoms with van der Waals surface area (Å²) in [6, 6.07) is 16.8. The summed E-state index contributed by atoms with van der Waals surface area (Å²) in [6.45, 7) is 0.545. The van der Waals surface area contributed by atoms with Gasteiger partial charge in [0.25, 0.3) is 11.8 Å². The van der Waals surface area contributed by atoms with Crippen molar-refractivity contribution in [3.05, 3.63) is 97.1 Å². The minimum absolute atomic E-state index is 0.0567. The summed E-state index contributed by atoms with van der Waals surface area (Å²) in [5.74, 6) is -1.45. The number of aliphatic hydroxyl groups is 2. The average Bonchev–Trinajstić information content (AvgIpc) is 3.99. The summed E-state index contributed by atoms with van der Waals surface area (Å²) >= 11 is 0. The highest BCUT2D eigenvalue weighted by Gasteiger charge is 2.48. The molecule has 296 valence electrons. The summed E-state index contributed by atoms with van der Waals surface area (Å²) in [5, 5.41) is 26.2. The van der Waals surface area contributed by atoms with Crippen LogP contribution < -0.4 is 15.4 Å². The first kappa shape index (κ1) is 38.0. The number of aliphatic hydroxyl groups excluding tert-OH is 2. The number of aromatic nitrogens is 8. The van der Waals surface area contributed by atoms with Crippen molar-refractivity contribution >= 4 is 56.1 Å². The third-order valence-corrected chi connectivity index (χ3v) is 10.7. The molecule has 8 rings (SSSR count). The van der Waals surface area contributed by atoms with E-state index in [0.29, 0.717) is 11.1 Å². The standard InChI is InChI=1S/C35H34FN11O9S/c1-18-22(13-48)55-35(47-17-42-25-29(38-15-40-31(25)47)45-33(51)20-10-6-3-7-11-20)27(18)56-57(52,53)43-12-21-26(49)23(36)34(54-21)46-16-41-24-28(37-14-39-30(24)46)44-32(50)19-8-4-2-5-9-19/h2-11,14-18,21-23,26-27,34-35,43,48-49H,12-13H2,1H3,(H,37,39,44,50)(H,38,40,45,51)/t18-,21-,22-,23-,26-,27-,34-,35-/m1/s1. The SMILES string of the molecule is C[C@H]1[C@@H](OS(=O)(=O)NC[C@H]2O[C@@H](n3cnc4c(NC(=O)c5ccccc5)ncnc43)[C@H](F)[C@@H]2O)[C@H](n2cnc3c(NC(=O)c4ccccc4)ncnc32)O[C@@H]1CO. The van der Waals surface area contributed by atoms with E-state index < -0.39 is 84.2 Å². The van der Waals surface area contributed by atoms with Gasteiger partial charge in [-0.3, -0.25) is 18.7 Å². The summed E-state index contributed by atoms with van der Waals surface area (Å²) in [7, 11) is -4.66. The molecule has 6 aromatic rings. The fourth-order valence-electron chi connectivity index (χ4n) is 6.68. The van der Waals surface area contributed by atoms with Crippen LogP contribution in [-0.2, 0) is 24.0 Å². The predicted octanol–water partition coefficient (Wildman–Crippen LogP) is 1.51. The average molecular weight is 804 g/mol. The van der Waals surface area contributed by atoms with Crippen LogP contribution in [0.1, 0.15) is 40.1 Å². The molecule has 2 aromatic carbocycles. The van der Waals surface area contributed by atoms with E-state index in [1.54, 1.807) is 67.6 Å². The van der Waals surface area contributed by atoms with Gasteiger partial charge in [0.2, 0.25) is 0 Å². The predicted molar refractivity (Wildman–Crippen MR) is 196 cm³/mol. The summed E-state index contributed by atoms with van der Waals surface area (Å²) < 4.78 is 64.7. The van der Waals surface area contributed by atoms with Crippen molar-refractivity contribution in [2.24, 2.45) is 5.92 Å². The fraction of sp³-hybridized carbons (Fsp3) is 0.314. The largest absolute Gasteiger partial charge is 0.394 e. The number of fused-ring (bicyclic) bond motifs is 2. The monoisotopic (exact) mass is 803 g/mol. The van der Waals surface area contributed by atoms with E-state index in [2.05, 4.69) is 45.3 Å². The van der Waals surface area contributed by atoms with Gasteiger partial charge in [-0.25, -0.2) is 38.5 Å². The van der Waals surface area contributed by atoms with Crippen LogP contribution in [0.25, 0.3) is 22.3 Å². The Hall–Kier alpha value is -5.88. The van der Waals surface area contributed by atoms with E-state index in [-0.39, 0.29) is 34.0 Å². The Morgan fingerprint density at radius 3 is 1.82 bits per heavy atom. The Labute approximate surface area is 322 Å². The molecule has 2 fully saturated rings. The van der Waals surface area contributed by atoms with Gasteiger partial charge in [-0.1, -0.05) is 43.3 Å². The molecule has 0 radical (unpaired) electrons. The van der Waals surface area contributed by atoms with Crippen LogP contribution in [0.15, 0.2) is 86.0 Å². The molecule has 8 atom stereocenters. The van der Waals surface area contributed by atoms with Crippen LogP contribution in [0.5, 0.6) is 0 Å². The van der Waals surface area contributed by atoms with Crippen LogP contribution in [0.3, 0.4) is 0 Å². The lowest BCUT2D eigenvalue weighted by molar-refractivity contribution is -0.0445. The molecule has 4 aromatic heterocycles. The van der Waals surface area contributed by atoms with Crippen molar-refractivity contribution in [1.29, 1.82) is 0 Å². The topological polar surface area (TPSA) is 260 Å². The lowest BCUT2D eigenvalue weighted by Crippen LogP contribution is -2.42. The summed E-state index contributed by atoms with van der Waals surface area (Å²) in [6.07, 6.45) is -5.14. The highest BCUT2D eigenvalue weighted by Crippen LogP contribution is 2.39. The lowest BCUT2D eigenvalue weighted by atomic mass is 10.0. The first-order chi connectivity index (χ1) is 27.5. The first-order valence-corrected chi connectivity index (χ1v) is 18.9. The molecule has 57 heavy (non-hydrogen) atoms. The van der Waals surface area contributed by atoms with Crippen molar-refractivity contribution in [3.63, 3.8) is 0 Å². The number of amides is 2. The fourth-order valence-corrected chi connectivity index (χ4v) is 7.68. The number of carbonyl (C=O) groups is 2. The van der Waals surface area contributed by atoms with Gasteiger partial charge >= 0.3 is 10.3 Å². The maximum atomic E-state index is 15.6. The number of halogens is 1. The molecule has 2 saturated heterocycles. The number of rotatable bonds is 12. The second-order valence-corrected chi connectivity index (χ2v) is 14.6. The second kappa shape index (κ2) is 15.6. The van der Waals surface area contributed by atoms with Gasteiger partial charge in [0.1, 0.15) is 31.0 Å². The zero-order chi connectivity index (χ0) is 39.8. The first-order valence-electron chi connectivity index (χ1n) is 17.5. The minimum Gasteiger partial charge on any atom is -0.394 e. The van der Waals surface area contributed by atoms with Crippen LogP contribution in [0, 0.1) is 5.92 Å². The molecule has 20 nitrogen and oxygen atoms in total. The molecule has 0 aliphatic carbocycles. The number of nitrogens with one attached hydrogen (secondary N) is 3. The van der Waals surface area contributed by atoms with Gasteiger partial charge in [-0.2, -0.15) is 13.1 Å². The number of anilines is 2. The van der Waals surface area contributed by atoms with Crippen molar-refractivity contribution < 1.29 is 46.3 Å². The number of benzene rings is 2. The Balaban J connectivity index is 0.960. The van der Waals surface area contributed by atoms with E-state index in [9.17, 15) is 28.2 Å². The van der Waals surface area contributed by atoms with E-state index in [0.717, 1.165) is 6.33 Å². The molecule has 0 saturated carbocycles. The number of alkyl halides is 1. The lowest BCUT2D eigenvalue weighted by Gasteiger charge is -2.23. The van der Waals surface area contributed by atoms with Crippen molar-refractivity contribution in [2.75, 3.05) is 23.8 Å². The third-order valence-electron chi connectivity index (χ3n) is 9.67. The van der Waals surface area contributed by atoms with Gasteiger partial charge in [-0.15, -0.1) is 0 Å². The number of carbonyl (C=O) groups excluding carboxylic acids is 2. The highest BCUT2D eigenvalue weighted by atomic mass is 32.2. The summed E-state index contributed by atoms with van der Waals surface area (Å²) in [5.41, 5.74) is 1.31. The van der Waals surface area contributed by atoms with E-state index in [1.807, 2.05) is 0 Å². The quantitative estimate of drug-likeness (QED) is 0.118. The maximum Gasteiger partial charge on any atom is 0.336 e. The molecule has 0 bridgehead atoms. The molecule has 2 amide bonds. The van der Waals surface area contributed by atoms with Gasteiger partial charge in [0, 0.05) is 23.6 Å². The maximum absolute atomic E-state index is 15.6. The Kier molecular flexibility index (Phi) is 10.4. The van der Waals surface area contributed by atoms with Gasteiger partial charge in [-0.05, 0) is 24.3 Å². The highest BCUT2D eigenvalue weighted by molar-refractivity contribution is 7.84. The van der Waals surface area contributed by atoms with Crippen molar-refractivity contribution in [2.45, 2.75) is 50.0 Å². The van der Waals surface area contributed by atoms with Crippen LogP contribution in [0.2, 0.25) is 0 Å². The van der Waals surface area contributed by atoms with E-state index in [4.69, 9.17) is 13.7 Å². The molecular weight excluding hydrogens is 770 g/mol. The molecule has 0 spiro atoms. The van der Waals surface area contributed by atoms with Gasteiger partial charge in [0.05, 0.1) is 25.4 Å². The Morgan fingerprint density at radius 2 is 1.30 bits per heavy atom. The van der Waals surface area contributed by atoms with Crippen LogP contribution in [-0.4, -0.2) is 113 Å². The normalized spacial score (nSPS) is 24.9. The number of nitrogens with zero attached hydrogens (tertiary/aromatic N) is 8. The molecule has 0 unspecified atom stereocenters. The Bertz CT molecular complexity index is 2530. The zero-order valence-corrected chi connectivity index (χ0v) is 30.5. The van der Waals surface area contributed by atoms with Gasteiger partial charge in [0.15, 0.2) is 52.6 Å². The minimum atomic E-state index is -4.66. The number of hydrogen-bond donors (Lipinski definition) is 5. The molecule has 22 heteroatoms. The van der Waals surface area contributed by atoms with Crippen LogP contribution >= 0.6 is 0 Å². The van der Waals surface area contributed by atoms with E-state index >= 15 is 4.39 Å². The zero-order valence-electron chi connectivity index (χ0n) is 29.7. The molecule has 5 N–H and O–H groups in total. The third kappa shape index (κ3) is 7.41. The van der Waals surface area contributed by atoms with Crippen LogP contribution in [0.4, 0.5) is 16.0 Å². The van der Waals surface area contributed by atoms with Crippen molar-refractivity contribution in [3.8, 4) is 0 Å². The number of ether oxygens (including phenoxy) is 2. The van der Waals surface area contributed by atoms with Gasteiger partial charge < -0.3 is 30.3 Å². The smallest absolute Gasteiger partial charge is 0.336 e. The summed E-state index contributed by atoms with van der Waals surface area (Å²) in [4.78, 5) is 50.9.